The van der Waals surface area contributed by atoms with Crippen LogP contribution in [0, 0.1) is 5.92 Å². The van der Waals surface area contributed by atoms with Gasteiger partial charge in [-0.25, -0.2) is 9.78 Å². The number of allylic oxidation sites excluding steroid dienone is 1. The maximum absolute atomic E-state index is 12.4. The van der Waals surface area contributed by atoms with E-state index in [1.165, 1.54) is 11.3 Å². The number of nitrogens with one attached hydrogen (secondary N) is 1. The summed E-state index contributed by atoms with van der Waals surface area (Å²) in [7, 11) is 0. The van der Waals surface area contributed by atoms with E-state index in [4.69, 9.17) is 26.8 Å². The Morgan fingerprint density at radius 3 is 2.58 bits per heavy atom. The minimum absolute atomic E-state index is 0.0698. The number of carbonyl (C=O) groups is 3. The molecular weight excluding hydrogens is 442 g/mol. The molecule has 0 spiro atoms. The molecule has 0 radical (unpaired) electrons. The van der Waals surface area contributed by atoms with Gasteiger partial charge in [0.15, 0.2) is 5.69 Å². The predicted octanol–water partition coefficient (Wildman–Crippen LogP) is 3.18. The summed E-state index contributed by atoms with van der Waals surface area (Å²) in [4.78, 5) is 40.8. The van der Waals surface area contributed by atoms with Gasteiger partial charge in [-0.3, -0.25) is 9.59 Å². The highest BCUT2D eigenvalue weighted by Crippen LogP contribution is 2.15. The molecule has 1 heterocycles. The number of ether oxygens (including phenoxy) is 2. The van der Waals surface area contributed by atoms with Crippen LogP contribution >= 0.6 is 22.9 Å². The maximum Gasteiger partial charge on any atom is 0.358 e. The lowest BCUT2D eigenvalue weighted by atomic mass is 10.1. The fraction of sp³-hybridized carbons (Fsp3) is 0.619. The van der Waals surface area contributed by atoms with Gasteiger partial charge in [0.2, 0.25) is 5.91 Å². The van der Waals surface area contributed by atoms with Gasteiger partial charge in [0.05, 0.1) is 13.0 Å². The number of thiazole rings is 1. The fourth-order valence-corrected chi connectivity index (χ4v) is 3.03. The Hall–Kier alpha value is -1.97. The number of hydrogen-bond acceptors (Lipinski definition) is 8. The van der Waals surface area contributed by atoms with E-state index in [2.05, 4.69) is 10.3 Å². The monoisotopic (exact) mass is 473 g/mol. The van der Waals surface area contributed by atoms with Crippen molar-refractivity contribution >= 4 is 40.8 Å². The van der Waals surface area contributed by atoms with Gasteiger partial charge in [0, 0.05) is 11.3 Å². The number of carbonyl (C=O) groups excluding carboxylic acids is 3. The van der Waals surface area contributed by atoms with Crippen molar-refractivity contribution in [2.75, 3.05) is 5.88 Å². The van der Waals surface area contributed by atoms with Crippen molar-refractivity contribution in [1.82, 2.24) is 10.3 Å². The molecule has 31 heavy (non-hydrogen) atoms. The number of halogens is 1. The molecule has 0 aliphatic carbocycles. The SMILES string of the molecule is CC(C)[C@H](N)C(=O)O[C@H](/C=C/CCCl)CC(=O)NCc1nc(C(=O)OC(C)(C)C)cs1. The zero-order valence-corrected chi connectivity index (χ0v) is 20.2. The first-order valence-electron chi connectivity index (χ1n) is 10.1. The Balaban J connectivity index is 2.65. The second-order valence-corrected chi connectivity index (χ2v) is 9.58. The Morgan fingerprint density at radius 1 is 1.32 bits per heavy atom. The third-order valence-electron chi connectivity index (χ3n) is 3.87. The smallest absolute Gasteiger partial charge is 0.358 e. The molecule has 0 saturated heterocycles. The van der Waals surface area contributed by atoms with E-state index in [-0.39, 0.29) is 30.5 Å². The number of nitrogens with two attached hydrogens (primary N) is 1. The molecule has 0 aliphatic heterocycles. The molecular formula is C21H32ClN3O5S. The molecule has 10 heteroatoms. The third kappa shape index (κ3) is 10.8. The summed E-state index contributed by atoms with van der Waals surface area (Å²) in [6.45, 7) is 9.10. The summed E-state index contributed by atoms with van der Waals surface area (Å²) in [6.07, 6.45) is 3.15. The molecule has 1 aromatic heterocycles. The van der Waals surface area contributed by atoms with Crippen LogP contribution in [0.4, 0.5) is 0 Å². The molecule has 0 saturated carbocycles. The Bertz CT molecular complexity index is 773. The Morgan fingerprint density at radius 2 is 2.00 bits per heavy atom. The summed E-state index contributed by atoms with van der Waals surface area (Å²) in [6, 6.07) is -0.770. The fourth-order valence-electron chi connectivity index (χ4n) is 2.21. The minimum Gasteiger partial charge on any atom is -0.456 e. The van der Waals surface area contributed by atoms with Crippen LogP contribution in [-0.4, -0.2) is 46.5 Å². The van der Waals surface area contributed by atoms with Gasteiger partial charge in [0.25, 0.3) is 0 Å². The van der Waals surface area contributed by atoms with Gasteiger partial charge in [-0.05, 0) is 39.2 Å². The summed E-state index contributed by atoms with van der Waals surface area (Å²) in [5.41, 5.74) is 5.41. The van der Waals surface area contributed by atoms with Gasteiger partial charge in [-0.15, -0.1) is 22.9 Å². The van der Waals surface area contributed by atoms with Crippen molar-refractivity contribution in [3.8, 4) is 0 Å². The first kappa shape index (κ1) is 27.1. The van der Waals surface area contributed by atoms with Gasteiger partial charge in [-0.1, -0.05) is 19.9 Å². The minimum atomic E-state index is -0.770. The van der Waals surface area contributed by atoms with Crippen LogP contribution in [-0.2, 0) is 25.6 Å². The first-order chi connectivity index (χ1) is 14.4. The van der Waals surface area contributed by atoms with Crippen molar-refractivity contribution in [2.24, 2.45) is 11.7 Å². The lowest BCUT2D eigenvalue weighted by Crippen LogP contribution is -2.39. The maximum atomic E-state index is 12.4. The second kappa shape index (κ2) is 12.8. The van der Waals surface area contributed by atoms with Crippen molar-refractivity contribution < 1.29 is 23.9 Å². The number of hydrogen-bond donors (Lipinski definition) is 2. The number of nitrogens with zero attached hydrogens (tertiary/aromatic N) is 1. The summed E-state index contributed by atoms with van der Waals surface area (Å²) in [5, 5.41) is 4.86. The quantitative estimate of drug-likeness (QED) is 0.287. The number of alkyl halides is 1. The number of esters is 2. The van der Waals surface area contributed by atoms with Crippen LogP contribution < -0.4 is 11.1 Å². The molecule has 0 unspecified atom stereocenters. The van der Waals surface area contributed by atoms with Crippen molar-refractivity contribution in [1.29, 1.82) is 0 Å². The molecule has 174 valence electrons. The average Bonchev–Trinajstić information content (AvgIpc) is 3.13. The van der Waals surface area contributed by atoms with Gasteiger partial charge in [-0.2, -0.15) is 0 Å². The highest BCUT2D eigenvalue weighted by molar-refractivity contribution is 7.09. The molecule has 1 aromatic rings. The van der Waals surface area contributed by atoms with E-state index in [0.29, 0.717) is 17.3 Å². The molecule has 2 atom stereocenters. The third-order valence-corrected chi connectivity index (χ3v) is 4.93. The van der Waals surface area contributed by atoms with E-state index < -0.39 is 29.7 Å². The van der Waals surface area contributed by atoms with Crippen molar-refractivity contribution in [3.05, 3.63) is 28.2 Å². The van der Waals surface area contributed by atoms with Gasteiger partial charge in [0.1, 0.15) is 22.8 Å². The van der Waals surface area contributed by atoms with E-state index >= 15 is 0 Å². The van der Waals surface area contributed by atoms with Crippen molar-refractivity contribution in [3.63, 3.8) is 0 Å². The molecule has 0 aromatic carbocycles. The van der Waals surface area contributed by atoms with Crippen LogP contribution in [0.3, 0.4) is 0 Å². The average molecular weight is 474 g/mol. The Kier molecular flexibility index (Phi) is 11.2. The molecule has 1 amide bonds. The van der Waals surface area contributed by atoms with Crippen LogP contribution in [0.5, 0.6) is 0 Å². The number of aromatic nitrogens is 1. The van der Waals surface area contributed by atoms with Gasteiger partial charge >= 0.3 is 11.9 Å². The van der Waals surface area contributed by atoms with Crippen LogP contribution in [0.15, 0.2) is 17.5 Å². The van der Waals surface area contributed by atoms with E-state index in [1.54, 1.807) is 38.3 Å². The lowest BCUT2D eigenvalue weighted by molar-refractivity contribution is -0.150. The molecule has 0 fully saturated rings. The zero-order chi connectivity index (χ0) is 23.6. The topological polar surface area (TPSA) is 121 Å². The first-order valence-corrected chi connectivity index (χ1v) is 11.5. The predicted molar refractivity (Wildman–Crippen MR) is 121 cm³/mol. The normalized spacial score (nSPS) is 13.8. The standard InChI is InChI=1S/C21H32ClN3O5S/c1-13(2)18(23)20(28)29-14(8-6-7-9-22)10-16(26)24-11-17-25-15(12-31-17)19(27)30-21(3,4)5/h6,8,12-14,18H,7,9-11,23H2,1-5H3,(H,24,26)/b8-6+/t14-,18+/m1/s1. The summed E-state index contributed by atoms with van der Waals surface area (Å²) in [5.74, 6) is -1.08. The van der Waals surface area contributed by atoms with Crippen LogP contribution in [0.25, 0.3) is 0 Å². The lowest BCUT2D eigenvalue weighted by Gasteiger charge is -2.19. The van der Waals surface area contributed by atoms with Gasteiger partial charge < -0.3 is 20.5 Å². The molecule has 0 bridgehead atoms. The Labute approximate surface area is 192 Å². The zero-order valence-electron chi connectivity index (χ0n) is 18.6. The molecule has 1 rings (SSSR count). The largest absolute Gasteiger partial charge is 0.456 e. The van der Waals surface area contributed by atoms with Crippen LogP contribution in [0.1, 0.15) is 63.0 Å². The highest BCUT2D eigenvalue weighted by atomic mass is 35.5. The number of rotatable bonds is 11. The molecule has 8 nitrogen and oxygen atoms in total. The molecule has 0 aliphatic rings. The number of amides is 1. The summed E-state index contributed by atoms with van der Waals surface area (Å²) < 4.78 is 10.7. The van der Waals surface area contributed by atoms with Crippen molar-refractivity contribution in [2.45, 2.75) is 71.8 Å². The molecule has 3 N–H and O–H groups in total. The summed E-state index contributed by atoms with van der Waals surface area (Å²) >= 11 is 6.91. The van der Waals surface area contributed by atoms with E-state index in [1.807, 2.05) is 13.8 Å². The van der Waals surface area contributed by atoms with E-state index in [0.717, 1.165) is 0 Å². The van der Waals surface area contributed by atoms with Crippen LogP contribution in [0.2, 0.25) is 0 Å². The second-order valence-electron chi connectivity index (χ2n) is 8.26. The highest BCUT2D eigenvalue weighted by Gasteiger charge is 2.24. The van der Waals surface area contributed by atoms with E-state index in [9.17, 15) is 14.4 Å².